The van der Waals surface area contributed by atoms with Gasteiger partial charge in [-0.25, -0.2) is 0 Å². The molecule has 0 heterocycles. The second kappa shape index (κ2) is 11.5. The summed E-state index contributed by atoms with van der Waals surface area (Å²) in [7, 11) is 0. The summed E-state index contributed by atoms with van der Waals surface area (Å²) in [5, 5.41) is 19.0. The molecule has 5 heteroatoms. The van der Waals surface area contributed by atoms with Gasteiger partial charge < -0.3 is 14.9 Å². The van der Waals surface area contributed by atoms with Crippen LogP contribution >= 0.6 is 0 Å². The second-order valence-electron chi connectivity index (χ2n) is 9.98. The number of ether oxygens (including phenoxy) is 1. The number of hydrogen-bond acceptors (Lipinski definition) is 4. The van der Waals surface area contributed by atoms with Crippen molar-refractivity contribution in [3.63, 3.8) is 0 Å². The van der Waals surface area contributed by atoms with Gasteiger partial charge >= 0.3 is 5.97 Å². The Kier molecular flexibility index (Phi) is 10.0. The molecule has 1 unspecified atom stereocenters. The first-order valence-corrected chi connectivity index (χ1v) is 11.0. The molecule has 0 saturated carbocycles. The van der Waals surface area contributed by atoms with Crippen LogP contribution < -0.4 is 4.74 Å². The molecule has 1 atom stereocenters. The Balaban J connectivity index is 2.57. The number of carboxylic acid groups (broad SMARTS) is 1. The molecule has 0 aromatic heterocycles. The van der Waals surface area contributed by atoms with Crippen LogP contribution in [-0.4, -0.2) is 34.2 Å². The van der Waals surface area contributed by atoms with E-state index in [4.69, 9.17) is 4.74 Å². The molecular formula is C25H40O5. The number of Topliss-reactive ketones (excluding diaryl/α,β-unsaturated/α-hetero) is 1. The van der Waals surface area contributed by atoms with Crippen molar-refractivity contribution in [3.8, 4) is 5.75 Å². The van der Waals surface area contributed by atoms with Gasteiger partial charge in [-0.2, -0.15) is 0 Å². The summed E-state index contributed by atoms with van der Waals surface area (Å²) in [5.41, 5.74) is 0.520. The molecule has 0 spiro atoms. The molecule has 0 bridgehead atoms. The molecule has 0 radical (unpaired) electrons. The van der Waals surface area contributed by atoms with Crippen molar-refractivity contribution < 1.29 is 24.5 Å². The highest BCUT2D eigenvalue weighted by Gasteiger charge is 2.26. The Bertz CT molecular complexity index is 700. The third kappa shape index (κ3) is 10.2. The van der Waals surface area contributed by atoms with E-state index < -0.39 is 17.0 Å². The van der Waals surface area contributed by atoms with E-state index in [9.17, 15) is 19.8 Å². The van der Waals surface area contributed by atoms with Crippen LogP contribution in [0.1, 0.15) is 84.3 Å². The number of rotatable bonds is 14. The maximum absolute atomic E-state index is 12.6. The normalized spacial score (nSPS) is 13.2. The van der Waals surface area contributed by atoms with Gasteiger partial charge in [-0.1, -0.05) is 31.9 Å². The summed E-state index contributed by atoms with van der Waals surface area (Å²) in [6.45, 7) is 11.5. The van der Waals surface area contributed by atoms with Gasteiger partial charge in [-0.15, -0.1) is 0 Å². The van der Waals surface area contributed by atoms with Gasteiger partial charge in [0, 0.05) is 18.4 Å². The SMILES string of the molecule is Cc1ccc(CC(=O)CC(C)CCCC(C)(C)O)c(OCCCC(C)(C)C(=O)O)c1. The number of hydrogen-bond donors (Lipinski definition) is 2. The Hall–Kier alpha value is -1.88. The monoisotopic (exact) mass is 420 g/mol. The number of aryl methyl sites for hydroxylation is 1. The first kappa shape index (κ1) is 26.2. The lowest BCUT2D eigenvalue weighted by atomic mass is 9.88. The molecule has 2 N–H and O–H groups in total. The van der Waals surface area contributed by atoms with Crippen molar-refractivity contribution in [1.82, 2.24) is 0 Å². The summed E-state index contributed by atoms with van der Waals surface area (Å²) >= 11 is 0. The highest BCUT2D eigenvalue weighted by molar-refractivity contribution is 5.81. The summed E-state index contributed by atoms with van der Waals surface area (Å²) in [5.74, 6) is 0.381. The predicted molar refractivity (Wildman–Crippen MR) is 120 cm³/mol. The van der Waals surface area contributed by atoms with Crippen LogP contribution in [-0.2, 0) is 16.0 Å². The molecule has 1 rings (SSSR count). The molecule has 170 valence electrons. The van der Waals surface area contributed by atoms with Gasteiger partial charge in [-0.3, -0.25) is 9.59 Å². The minimum atomic E-state index is -0.805. The van der Waals surface area contributed by atoms with Crippen LogP contribution in [0.2, 0.25) is 0 Å². The van der Waals surface area contributed by atoms with Crippen LogP contribution in [0.3, 0.4) is 0 Å². The molecule has 0 amide bonds. The number of benzene rings is 1. The van der Waals surface area contributed by atoms with E-state index in [1.165, 1.54) is 0 Å². The predicted octanol–water partition coefficient (Wildman–Crippen LogP) is 5.34. The molecule has 0 aliphatic heterocycles. The van der Waals surface area contributed by atoms with Crippen LogP contribution in [0, 0.1) is 18.3 Å². The highest BCUT2D eigenvalue weighted by Crippen LogP contribution is 2.26. The summed E-state index contributed by atoms with van der Waals surface area (Å²) in [6.07, 6.45) is 4.59. The smallest absolute Gasteiger partial charge is 0.309 e. The van der Waals surface area contributed by atoms with Crippen LogP contribution in [0.15, 0.2) is 18.2 Å². The van der Waals surface area contributed by atoms with Gasteiger partial charge in [0.2, 0.25) is 0 Å². The van der Waals surface area contributed by atoms with Crippen LogP contribution in [0.25, 0.3) is 0 Å². The first-order chi connectivity index (χ1) is 13.8. The molecule has 0 aliphatic carbocycles. The van der Waals surface area contributed by atoms with E-state index in [0.29, 0.717) is 38.0 Å². The van der Waals surface area contributed by atoms with Crippen LogP contribution in [0.4, 0.5) is 0 Å². The number of aliphatic carboxylic acids is 1. The number of carbonyl (C=O) groups excluding carboxylic acids is 1. The lowest BCUT2D eigenvalue weighted by molar-refractivity contribution is -0.147. The van der Waals surface area contributed by atoms with Crippen molar-refractivity contribution in [2.45, 2.75) is 92.1 Å². The number of carbonyl (C=O) groups is 2. The lowest BCUT2D eigenvalue weighted by Gasteiger charge is -2.19. The zero-order valence-corrected chi connectivity index (χ0v) is 19.6. The molecule has 0 fully saturated rings. The summed E-state index contributed by atoms with van der Waals surface area (Å²) < 4.78 is 5.93. The van der Waals surface area contributed by atoms with Crippen molar-refractivity contribution >= 4 is 11.8 Å². The molecule has 1 aromatic rings. The Morgan fingerprint density at radius 3 is 2.37 bits per heavy atom. The summed E-state index contributed by atoms with van der Waals surface area (Å²) in [6, 6.07) is 5.87. The van der Waals surface area contributed by atoms with Crippen molar-refractivity contribution in [1.29, 1.82) is 0 Å². The zero-order valence-electron chi connectivity index (χ0n) is 19.6. The van der Waals surface area contributed by atoms with Gasteiger partial charge in [0.25, 0.3) is 0 Å². The summed E-state index contributed by atoms with van der Waals surface area (Å²) in [4.78, 5) is 23.8. The van der Waals surface area contributed by atoms with Crippen LogP contribution in [0.5, 0.6) is 5.75 Å². The van der Waals surface area contributed by atoms with Gasteiger partial charge in [0.1, 0.15) is 11.5 Å². The van der Waals surface area contributed by atoms with E-state index in [1.54, 1.807) is 13.8 Å². The standard InChI is InChI=1S/C25H40O5/c1-18(9-7-13-25(5,6)29)15-21(26)17-20-11-10-19(2)16-22(20)30-14-8-12-24(3,4)23(27)28/h10-11,16,18,29H,7-9,12-15,17H2,1-6H3,(H,27,28). The van der Waals surface area contributed by atoms with E-state index in [0.717, 1.165) is 30.4 Å². The molecular weight excluding hydrogens is 380 g/mol. The fourth-order valence-corrected chi connectivity index (χ4v) is 3.40. The lowest BCUT2D eigenvalue weighted by Crippen LogP contribution is -2.24. The Morgan fingerprint density at radius 1 is 1.10 bits per heavy atom. The third-order valence-electron chi connectivity index (χ3n) is 5.45. The number of aliphatic hydroxyl groups is 1. The van der Waals surface area contributed by atoms with Crippen molar-refractivity contribution in [2.75, 3.05) is 6.61 Å². The number of ketones is 1. The fourth-order valence-electron chi connectivity index (χ4n) is 3.40. The van der Waals surface area contributed by atoms with Crippen molar-refractivity contribution in [3.05, 3.63) is 29.3 Å². The maximum atomic E-state index is 12.6. The Morgan fingerprint density at radius 2 is 1.77 bits per heavy atom. The van der Waals surface area contributed by atoms with Gasteiger partial charge in [-0.05, 0) is 71.4 Å². The molecule has 1 aromatic carbocycles. The van der Waals surface area contributed by atoms with E-state index in [1.807, 2.05) is 39.0 Å². The Labute approximate surface area is 181 Å². The van der Waals surface area contributed by atoms with Crippen molar-refractivity contribution in [2.24, 2.45) is 11.3 Å². The minimum Gasteiger partial charge on any atom is -0.493 e. The fraction of sp³-hybridized carbons (Fsp3) is 0.680. The van der Waals surface area contributed by atoms with E-state index in [2.05, 4.69) is 6.92 Å². The minimum absolute atomic E-state index is 0.187. The zero-order chi connectivity index (χ0) is 22.9. The number of carboxylic acids is 1. The highest BCUT2D eigenvalue weighted by atomic mass is 16.5. The van der Waals surface area contributed by atoms with Gasteiger partial charge in [0.15, 0.2) is 0 Å². The maximum Gasteiger partial charge on any atom is 0.309 e. The van der Waals surface area contributed by atoms with Gasteiger partial charge in [0.05, 0.1) is 17.6 Å². The molecule has 0 aliphatic rings. The molecule has 0 saturated heterocycles. The molecule has 5 nitrogen and oxygen atoms in total. The van der Waals surface area contributed by atoms with E-state index >= 15 is 0 Å². The average molecular weight is 421 g/mol. The first-order valence-electron chi connectivity index (χ1n) is 11.0. The molecule has 30 heavy (non-hydrogen) atoms. The average Bonchev–Trinajstić information content (AvgIpc) is 2.59. The second-order valence-corrected chi connectivity index (χ2v) is 9.98. The quantitative estimate of drug-likeness (QED) is 0.397. The topological polar surface area (TPSA) is 83.8 Å². The van der Waals surface area contributed by atoms with E-state index in [-0.39, 0.29) is 11.7 Å². The third-order valence-corrected chi connectivity index (χ3v) is 5.45. The largest absolute Gasteiger partial charge is 0.493 e.